The molecule has 66 valence electrons. The molecule has 0 aromatic carbocycles. The first-order valence-electron chi connectivity index (χ1n) is 3.13. The minimum absolute atomic E-state index is 0.0811. The van der Waals surface area contributed by atoms with Crippen LogP contribution in [0.5, 0.6) is 0 Å². The monoisotopic (exact) mass is 181 g/mol. The van der Waals surface area contributed by atoms with Gasteiger partial charge in [-0.3, -0.25) is 9.52 Å². The fourth-order valence-corrected chi connectivity index (χ4v) is 1.48. The van der Waals surface area contributed by atoms with Crippen molar-refractivity contribution < 1.29 is 18.3 Å². The molecule has 0 aromatic rings. The highest BCUT2D eigenvalue weighted by Gasteiger charge is 2.13. The van der Waals surface area contributed by atoms with E-state index in [1.54, 1.807) is 11.6 Å². The number of carbonyl (C=O) groups excluding carboxylic acids is 1. The molecule has 0 bridgehead atoms. The standard InChI is InChI=1S/C5H11NO4S/c1-2-5(8)3-11(9,10)6-4-7/h4-5,8H,2-3H2,1H3,(H,6,7). The zero-order chi connectivity index (χ0) is 8.91. The summed E-state index contributed by atoms with van der Waals surface area (Å²) in [6.45, 7) is 1.65. The average Bonchev–Trinajstić information content (AvgIpc) is 1.86. The fourth-order valence-electron chi connectivity index (χ4n) is 0.493. The molecule has 6 heteroatoms. The van der Waals surface area contributed by atoms with E-state index in [1.165, 1.54) is 0 Å². The number of aliphatic hydroxyl groups excluding tert-OH is 1. The van der Waals surface area contributed by atoms with Crippen molar-refractivity contribution in [3.8, 4) is 0 Å². The predicted molar refractivity (Wildman–Crippen MR) is 39.3 cm³/mol. The maximum absolute atomic E-state index is 10.7. The topological polar surface area (TPSA) is 83.5 Å². The van der Waals surface area contributed by atoms with E-state index in [2.05, 4.69) is 0 Å². The minimum atomic E-state index is -3.61. The molecule has 0 radical (unpaired) electrons. The molecule has 0 saturated carbocycles. The first-order valence-corrected chi connectivity index (χ1v) is 4.78. The number of aliphatic hydroxyl groups is 1. The number of carbonyl (C=O) groups is 1. The SMILES string of the molecule is CCC(O)CS(=O)(=O)NC=O. The number of hydrogen-bond acceptors (Lipinski definition) is 4. The van der Waals surface area contributed by atoms with Crippen LogP contribution in [0.1, 0.15) is 13.3 Å². The van der Waals surface area contributed by atoms with Gasteiger partial charge in [0.25, 0.3) is 0 Å². The van der Waals surface area contributed by atoms with E-state index < -0.39 is 21.9 Å². The Morgan fingerprint density at radius 1 is 1.64 bits per heavy atom. The lowest BCUT2D eigenvalue weighted by molar-refractivity contribution is -0.108. The first kappa shape index (κ1) is 10.4. The van der Waals surface area contributed by atoms with E-state index in [0.717, 1.165) is 0 Å². The lowest BCUT2D eigenvalue weighted by Crippen LogP contribution is -2.30. The van der Waals surface area contributed by atoms with E-state index in [0.29, 0.717) is 6.42 Å². The Balaban J connectivity index is 4.02. The van der Waals surface area contributed by atoms with Crippen molar-refractivity contribution in [3.05, 3.63) is 0 Å². The molecule has 1 amide bonds. The molecule has 0 spiro atoms. The highest BCUT2D eigenvalue weighted by atomic mass is 32.2. The molecule has 0 fully saturated rings. The van der Waals surface area contributed by atoms with Gasteiger partial charge in [-0.1, -0.05) is 6.92 Å². The minimum Gasteiger partial charge on any atom is -0.392 e. The van der Waals surface area contributed by atoms with Gasteiger partial charge in [0, 0.05) is 0 Å². The molecule has 0 rings (SSSR count). The summed E-state index contributed by atoms with van der Waals surface area (Å²) in [4.78, 5) is 9.72. The van der Waals surface area contributed by atoms with Crippen molar-refractivity contribution in [2.24, 2.45) is 0 Å². The number of hydrogen-bond donors (Lipinski definition) is 2. The summed E-state index contributed by atoms with van der Waals surface area (Å²) in [7, 11) is -3.61. The molecule has 0 heterocycles. The Hall–Kier alpha value is -0.620. The van der Waals surface area contributed by atoms with Crippen LogP contribution in [0.25, 0.3) is 0 Å². The number of sulfonamides is 1. The van der Waals surface area contributed by atoms with Gasteiger partial charge in [-0.05, 0) is 6.42 Å². The van der Waals surface area contributed by atoms with Gasteiger partial charge < -0.3 is 5.11 Å². The van der Waals surface area contributed by atoms with Gasteiger partial charge >= 0.3 is 0 Å². The Bertz CT molecular complexity index is 211. The lowest BCUT2D eigenvalue weighted by atomic mass is 10.3. The second-order valence-corrected chi connectivity index (χ2v) is 3.88. The molecule has 1 unspecified atom stereocenters. The van der Waals surface area contributed by atoms with Gasteiger partial charge in [0.1, 0.15) is 0 Å². The third-order valence-electron chi connectivity index (χ3n) is 1.11. The Morgan fingerprint density at radius 2 is 2.18 bits per heavy atom. The zero-order valence-electron chi connectivity index (χ0n) is 6.15. The Labute approximate surface area is 65.5 Å². The molecule has 0 aliphatic heterocycles. The summed E-state index contributed by atoms with van der Waals surface area (Å²) in [6, 6.07) is 0. The average molecular weight is 181 g/mol. The van der Waals surface area contributed by atoms with Crippen LogP contribution in [0.3, 0.4) is 0 Å². The molecule has 0 aliphatic carbocycles. The fraction of sp³-hybridized carbons (Fsp3) is 0.800. The van der Waals surface area contributed by atoms with Crippen molar-refractivity contribution in [1.82, 2.24) is 4.72 Å². The predicted octanol–water partition coefficient (Wildman–Crippen LogP) is -1.17. The van der Waals surface area contributed by atoms with Crippen molar-refractivity contribution in [3.63, 3.8) is 0 Å². The van der Waals surface area contributed by atoms with Crippen LogP contribution < -0.4 is 4.72 Å². The molecular formula is C5H11NO4S. The molecular weight excluding hydrogens is 170 g/mol. The summed E-state index contributed by atoms with van der Waals surface area (Å²) in [5.74, 6) is -0.428. The zero-order valence-corrected chi connectivity index (χ0v) is 6.97. The Kier molecular flexibility index (Phi) is 4.06. The second-order valence-electron chi connectivity index (χ2n) is 2.08. The maximum Gasteiger partial charge on any atom is 0.237 e. The van der Waals surface area contributed by atoms with Gasteiger partial charge in [0.2, 0.25) is 16.4 Å². The molecule has 0 aromatic heterocycles. The van der Waals surface area contributed by atoms with E-state index in [9.17, 15) is 13.2 Å². The maximum atomic E-state index is 10.7. The van der Waals surface area contributed by atoms with Crippen LogP contribution in [0.4, 0.5) is 0 Å². The van der Waals surface area contributed by atoms with Gasteiger partial charge in [-0.15, -0.1) is 0 Å². The summed E-state index contributed by atoms with van der Waals surface area (Å²) >= 11 is 0. The number of amides is 1. The van der Waals surface area contributed by atoms with Crippen LogP contribution in [0.2, 0.25) is 0 Å². The molecule has 2 N–H and O–H groups in total. The largest absolute Gasteiger partial charge is 0.392 e. The summed E-state index contributed by atoms with van der Waals surface area (Å²) in [6.07, 6.45) is -0.482. The molecule has 11 heavy (non-hydrogen) atoms. The third-order valence-corrected chi connectivity index (χ3v) is 2.39. The highest BCUT2D eigenvalue weighted by molar-refractivity contribution is 7.90. The highest BCUT2D eigenvalue weighted by Crippen LogP contribution is 1.93. The summed E-state index contributed by atoms with van der Waals surface area (Å²) in [5.41, 5.74) is 0. The van der Waals surface area contributed by atoms with E-state index in [4.69, 9.17) is 5.11 Å². The quantitative estimate of drug-likeness (QED) is 0.524. The van der Waals surface area contributed by atoms with E-state index in [1.807, 2.05) is 0 Å². The van der Waals surface area contributed by atoms with Crippen molar-refractivity contribution in [1.29, 1.82) is 0 Å². The van der Waals surface area contributed by atoms with E-state index >= 15 is 0 Å². The van der Waals surface area contributed by atoms with Crippen LogP contribution in [-0.4, -0.2) is 31.8 Å². The molecule has 0 aliphatic rings. The first-order chi connectivity index (χ1) is 5.02. The third kappa shape index (κ3) is 4.74. The van der Waals surface area contributed by atoms with Crippen LogP contribution in [0, 0.1) is 0 Å². The summed E-state index contributed by atoms with van der Waals surface area (Å²) < 4.78 is 23.0. The number of nitrogens with one attached hydrogen (secondary N) is 1. The van der Waals surface area contributed by atoms with Crippen LogP contribution in [-0.2, 0) is 14.8 Å². The van der Waals surface area contributed by atoms with Crippen LogP contribution >= 0.6 is 0 Å². The molecule has 1 atom stereocenters. The lowest BCUT2D eigenvalue weighted by Gasteiger charge is -2.06. The Morgan fingerprint density at radius 3 is 2.55 bits per heavy atom. The molecule has 0 saturated heterocycles. The van der Waals surface area contributed by atoms with Gasteiger partial charge in [-0.2, -0.15) is 0 Å². The van der Waals surface area contributed by atoms with Gasteiger partial charge in [-0.25, -0.2) is 8.42 Å². The van der Waals surface area contributed by atoms with Gasteiger partial charge in [0.15, 0.2) is 0 Å². The number of rotatable bonds is 5. The van der Waals surface area contributed by atoms with Crippen molar-refractivity contribution >= 4 is 16.4 Å². The second kappa shape index (κ2) is 4.30. The van der Waals surface area contributed by atoms with Crippen LogP contribution in [0.15, 0.2) is 0 Å². The van der Waals surface area contributed by atoms with Gasteiger partial charge in [0.05, 0.1) is 11.9 Å². The van der Waals surface area contributed by atoms with E-state index in [-0.39, 0.29) is 6.41 Å². The molecule has 5 nitrogen and oxygen atoms in total. The smallest absolute Gasteiger partial charge is 0.237 e. The van der Waals surface area contributed by atoms with Crippen molar-refractivity contribution in [2.45, 2.75) is 19.4 Å². The summed E-state index contributed by atoms with van der Waals surface area (Å²) in [5, 5.41) is 8.89. The van der Waals surface area contributed by atoms with Crippen molar-refractivity contribution in [2.75, 3.05) is 5.75 Å². The normalized spacial score (nSPS) is 14.0.